The first-order valence-corrected chi connectivity index (χ1v) is 7.64. The number of nitrogens with one attached hydrogen (secondary N) is 1. The van der Waals surface area contributed by atoms with Gasteiger partial charge in [-0.1, -0.05) is 29.4 Å². The van der Waals surface area contributed by atoms with Crippen LogP contribution in [-0.4, -0.2) is 11.1 Å². The lowest BCUT2D eigenvalue weighted by Crippen LogP contribution is -2.28. The van der Waals surface area contributed by atoms with Crippen LogP contribution < -0.4 is 5.32 Å². The van der Waals surface area contributed by atoms with Crippen LogP contribution in [0, 0.1) is 0 Å². The number of para-hydroxylation sites is 1. The summed E-state index contributed by atoms with van der Waals surface area (Å²) in [6, 6.07) is 11.5. The van der Waals surface area contributed by atoms with Crippen molar-refractivity contribution in [1.29, 1.82) is 0 Å². The molecule has 1 heterocycles. The molecule has 0 unspecified atom stereocenters. The van der Waals surface area contributed by atoms with Gasteiger partial charge in [-0.05, 0) is 36.8 Å². The number of halogens is 3. The molecule has 1 aromatic heterocycles. The third-order valence-electron chi connectivity index (χ3n) is 3.87. The molecule has 25 heavy (non-hydrogen) atoms. The summed E-state index contributed by atoms with van der Waals surface area (Å²) in [7, 11) is 0. The molecule has 0 saturated carbocycles. The highest BCUT2D eigenvalue weighted by Crippen LogP contribution is 2.30. The molecule has 0 aliphatic carbocycles. The van der Waals surface area contributed by atoms with Gasteiger partial charge in [-0.25, -0.2) is 0 Å². The Bertz CT molecular complexity index is 902. The van der Waals surface area contributed by atoms with Gasteiger partial charge in [0, 0.05) is 5.39 Å². The number of benzene rings is 2. The van der Waals surface area contributed by atoms with Crippen LogP contribution in [0.4, 0.5) is 13.2 Å². The second kappa shape index (κ2) is 6.58. The van der Waals surface area contributed by atoms with E-state index >= 15 is 0 Å². The van der Waals surface area contributed by atoms with Crippen LogP contribution in [0.3, 0.4) is 0 Å². The average Bonchev–Trinajstić information content (AvgIpc) is 2.97. The molecular formula is C18H15F3N2O2. The summed E-state index contributed by atoms with van der Waals surface area (Å²) in [5, 5.41) is 7.31. The normalized spacial score (nSPS) is 13.0. The molecule has 0 aliphatic heterocycles. The molecule has 0 aliphatic rings. The summed E-state index contributed by atoms with van der Waals surface area (Å²) in [6.45, 7) is 1.63. The minimum Gasteiger partial charge on any atom is -0.356 e. The standard InChI is InChI=1S/C18H15F3N2O2/c1-11(12-5-4-6-13(9-12)18(19,20)21)22-17(24)10-15-14-7-2-3-8-16(14)25-23-15/h2-9,11H,10H2,1H3,(H,22,24)/t11-/m1/s1. The SMILES string of the molecule is C[C@@H](NC(=O)Cc1noc2ccccc12)c1cccc(C(F)(F)F)c1. The van der Waals surface area contributed by atoms with Crippen molar-refractivity contribution in [2.75, 3.05) is 0 Å². The predicted molar refractivity (Wildman–Crippen MR) is 85.7 cm³/mol. The highest BCUT2D eigenvalue weighted by molar-refractivity contribution is 5.86. The van der Waals surface area contributed by atoms with E-state index in [1.807, 2.05) is 6.07 Å². The summed E-state index contributed by atoms with van der Waals surface area (Å²) in [6.07, 6.45) is -4.43. The van der Waals surface area contributed by atoms with Gasteiger partial charge in [0.1, 0.15) is 5.69 Å². The first-order valence-electron chi connectivity index (χ1n) is 7.64. The van der Waals surface area contributed by atoms with Crippen molar-refractivity contribution in [2.45, 2.75) is 25.6 Å². The Kier molecular flexibility index (Phi) is 4.48. The lowest BCUT2D eigenvalue weighted by molar-refractivity contribution is -0.137. The maximum Gasteiger partial charge on any atom is 0.416 e. The summed E-state index contributed by atoms with van der Waals surface area (Å²) in [5.74, 6) is -0.344. The first kappa shape index (κ1) is 17.0. The molecule has 0 fully saturated rings. The van der Waals surface area contributed by atoms with Gasteiger partial charge >= 0.3 is 6.18 Å². The van der Waals surface area contributed by atoms with Gasteiger partial charge in [-0.2, -0.15) is 13.2 Å². The molecule has 130 valence electrons. The molecule has 2 aromatic carbocycles. The van der Waals surface area contributed by atoms with Gasteiger partial charge in [-0.3, -0.25) is 4.79 Å². The average molecular weight is 348 g/mol. The van der Waals surface area contributed by atoms with Crippen molar-refractivity contribution in [3.63, 3.8) is 0 Å². The van der Waals surface area contributed by atoms with E-state index < -0.39 is 17.8 Å². The molecule has 0 radical (unpaired) electrons. The Hall–Kier alpha value is -2.83. The van der Waals surface area contributed by atoms with Crippen LogP contribution in [0.5, 0.6) is 0 Å². The fraction of sp³-hybridized carbons (Fsp3) is 0.222. The lowest BCUT2D eigenvalue weighted by atomic mass is 10.0. The Morgan fingerprint density at radius 3 is 2.72 bits per heavy atom. The van der Waals surface area contributed by atoms with Crippen molar-refractivity contribution in [3.8, 4) is 0 Å². The maximum absolute atomic E-state index is 12.8. The van der Waals surface area contributed by atoms with E-state index in [1.165, 1.54) is 6.07 Å². The second-order valence-electron chi connectivity index (χ2n) is 5.71. The number of fused-ring (bicyclic) bond motifs is 1. The zero-order valence-corrected chi connectivity index (χ0v) is 13.3. The number of amides is 1. The van der Waals surface area contributed by atoms with Crippen LogP contribution in [0.25, 0.3) is 11.0 Å². The Morgan fingerprint density at radius 1 is 1.20 bits per heavy atom. The molecule has 1 amide bonds. The molecule has 7 heteroatoms. The van der Waals surface area contributed by atoms with Gasteiger partial charge in [0.2, 0.25) is 5.91 Å². The monoisotopic (exact) mass is 348 g/mol. The predicted octanol–water partition coefficient (Wildman–Crippen LogP) is 4.27. The Morgan fingerprint density at radius 2 is 1.96 bits per heavy atom. The molecule has 1 N–H and O–H groups in total. The van der Waals surface area contributed by atoms with Gasteiger partial charge in [0.15, 0.2) is 5.58 Å². The van der Waals surface area contributed by atoms with E-state index in [4.69, 9.17) is 4.52 Å². The molecule has 3 rings (SSSR count). The molecular weight excluding hydrogens is 333 g/mol. The number of carbonyl (C=O) groups is 1. The fourth-order valence-corrected chi connectivity index (χ4v) is 2.58. The minimum atomic E-state index is -4.42. The largest absolute Gasteiger partial charge is 0.416 e. The third-order valence-corrected chi connectivity index (χ3v) is 3.87. The number of carbonyl (C=O) groups excluding carboxylic acids is 1. The van der Waals surface area contributed by atoms with Gasteiger partial charge in [-0.15, -0.1) is 0 Å². The molecule has 4 nitrogen and oxygen atoms in total. The van der Waals surface area contributed by atoms with Crippen LogP contribution in [-0.2, 0) is 17.4 Å². The summed E-state index contributed by atoms with van der Waals surface area (Å²) in [5.41, 5.74) is 0.711. The zero-order valence-electron chi connectivity index (χ0n) is 13.3. The van der Waals surface area contributed by atoms with Gasteiger partial charge in [0.25, 0.3) is 0 Å². The van der Waals surface area contributed by atoms with Crippen LogP contribution >= 0.6 is 0 Å². The smallest absolute Gasteiger partial charge is 0.356 e. The van der Waals surface area contributed by atoms with E-state index in [1.54, 1.807) is 31.2 Å². The van der Waals surface area contributed by atoms with Crippen LogP contribution in [0.2, 0.25) is 0 Å². The molecule has 0 saturated heterocycles. The van der Waals surface area contributed by atoms with Crippen molar-refractivity contribution >= 4 is 16.9 Å². The van der Waals surface area contributed by atoms with E-state index in [0.29, 0.717) is 16.8 Å². The van der Waals surface area contributed by atoms with E-state index in [-0.39, 0.29) is 12.3 Å². The number of aromatic nitrogens is 1. The van der Waals surface area contributed by atoms with Crippen molar-refractivity contribution < 1.29 is 22.5 Å². The summed E-state index contributed by atoms with van der Waals surface area (Å²) in [4.78, 5) is 12.2. The number of hydrogen-bond acceptors (Lipinski definition) is 3. The van der Waals surface area contributed by atoms with Crippen LogP contribution in [0.1, 0.15) is 29.8 Å². The van der Waals surface area contributed by atoms with Crippen LogP contribution in [0.15, 0.2) is 53.1 Å². The molecule has 3 aromatic rings. The number of hydrogen-bond donors (Lipinski definition) is 1. The zero-order chi connectivity index (χ0) is 18.0. The Balaban J connectivity index is 1.70. The molecule has 1 atom stereocenters. The molecule has 0 bridgehead atoms. The summed E-state index contributed by atoms with van der Waals surface area (Å²) < 4.78 is 43.5. The van der Waals surface area contributed by atoms with E-state index in [0.717, 1.165) is 17.5 Å². The lowest BCUT2D eigenvalue weighted by Gasteiger charge is -2.16. The topological polar surface area (TPSA) is 55.1 Å². The number of nitrogens with zero attached hydrogens (tertiary/aromatic N) is 1. The third kappa shape index (κ3) is 3.81. The highest BCUT2D eigenvalue weighted by atomic mass is 19.4. The van der Waals surface area contributed by atoms with Gasteiger partial charge < -0.3 is 9.84 Å². The first-order chi connectivity index (χ1) is 11.8. The number of rotatable bonds is 4. The fourth-order valence-electron chi connectivity index (χ4n) is 2.58. The second-order valence-corrected chi connectivity index (χ2v) is 5.71. The van der Waals surface area contributed by atoms with Gasteiger partial charge in [0.05, 0.1) is 18.0 Å². The summed E-state index contributed by atoms with van der Waals surface area (Å²) >= 11 is 0. The highest BCUT2D eigenvalue weighted by Gasteiger charge is 2.30. The van der Waals surface area contributed by atoms with E-state index in [2.05, 4.69) is 10.5 Å². The van der Waals surface area contributed by atoms with Crippen molar-refractivity contribution in [2.24, 2.45) is 0 Å². The number of alkyl halides is 3. The Labute approximate surface area is 141 Å². The minimum absolute atomic E-state index is 0.0136. The quantitative estimate of drug-likeness (QED) is 0.766. The van der Waals surface area contributed by atoms with E-state index in [9.17, 15) is 18.0 Å². The van der Waals surface area contributed by atoms with Crippen molar-refractivity contribution in [1.82, 2.24) is 10.5 Å². The maximum atomic E-state index is 12.8. The van der Waals surface area contributed by atoms with Crippen molar-refractivity contribution in [3.05, 3.63) is 65.4 Å². The molecule has 0 spiro atoms.